The van der Waals surface area contributed by atoms with Crippen molar-refractivity contribution in [3.8, 4) is 0 Å². The smallest absolute Gasteiger partial charge is 0.152 e. The first kappa shape index (κ1) is 10.2. The maximum absolute atomic E-state index is 5.86. The van der Waals surface area contributed by atoms with Gasteiger partial charge in [0.15, 0.2) is 5.58 Å². The van der Waals surface area contributed by atoms with Gasteiger partial charge in [-0.05, 0) is 12.0 Å². The molecule has 0 aliphatic rings. The quantitative estimate of drug-likeness (QED) is 0.735. The number of rotatable bonds is 2. The molecule has 2 heteroatoms. The minimum absolute atomic E-state index is 0.426. The Labute approximate surface area is 90.3 Å². The lowest BCUT2D eigenvalue weighted by molar-refractivity contribution is 0.510. The molecule has 0 fully saturated rings. The van der Waals surface area contributed by atoms with Gasteiger partial charge < -0.3 is 4.42 Å². The second-order valence-electron chi connectivity index (χ2n) is 4.56. The number of aromatic nitrogens is 1. The van der Waals surface area contributed by atoms with Gasteiger partial charge in [0, 0.05) is 23.1 Å². The van der Waals surface area contributed by atoms with Gasteiger partial charge in [0.2, 0.25) is 0 Å². The Kier molecular flexibility index (Phi) is 2.51. The maximum atomic E-state index is 5.86. The fourth-order valence-electron chi connectivity index (χ4n) is 2.01. The highest BCUT2D eigenvalue weighted by molar-refractivity contribution is 5.82. The lowest BCUT2D eigenvalue weighted by Gasteiger charge is -2.08. The third-order valence-corrected chi connectivity index (χ3v) is 2.66. The Hall–Kier alpha value is -1.31. The molecule has 15 heavy (non-hydrogen) atoms. The van der Waals surface area contributed by atoms with Crippen LogP contribution in [-0.2, 0) is 0 Å². The molecule has 0 atom stereocenters. The van der Waals surface area contributed by atoms with E-state index in [4.69, 9.17) is 4.42 Å². The van der Waals surface area contributed by atoms with Crippen LogP contribution in [0.15, 0.2) is 22.9 Å². The zero-order valence-electron chi connectivity index (χ0n) is 9.74. The van der Waals surface area contributed by atoms with Crippen molar-refractivity contribution in [2.45, 2.75) is 39.5 Å². The molecule has 0 amide bonds. The van der Waals surface area contributed by atoms with E-state index in [-0.39, 0.29) is 0 Å². The summed E-state index contributed by atoms with van der Waals surface area (Å²) in [6, 6.07) is 2.04. The second-order valence-corrected chi connectivity index (χ2v) is 4.56. The average Bonchev–Trinajstić information content (AvgIpc) is 2.56. The minimum Gasteiger partial charge on any atom is -0.459 e. The van der Waals surface area contributed by atoms with Gasteiger partial charge in [-0.25, -0.2) is 0 Å². The van der Waals surface area contributed by atoms with Gasteiger partial charge in [-0.1, -0.05) is 27.7 Å². The molecule has 0 aliphatic heterocycles. The number of nitrogens with zero attached hydrogens (tertiary/aromatic N) is 1. The highest BCUT2D eigenvalue weighted by Crippen LogP contribution is 2.35. The number of hydrogen-bond donors (Lipinski definition) is 0. The van der Waals surface area contributed by atoms with Crippen LogP contribution < -0.4 is 0 Å². The summed E-state index contributed by atoms with van der Waals surface area (Å²) in [4.78, 5) is 4.09. The molecule has 0 aromatic carbocycles. The van der Waals surface area contributed by atoms with E-state index in [1.165, 1.54) is 10.9 Å². The van der Waals surface area contributed by atoms with Crippen molar-refractivity contribution in [3.05, 3.63) is 29.8 Å². The van der Waals surface area contributed by atoms with Gasteiger partial charge in [-0.3, -0.25) is 4.98 Å². The average molecular weight is 203 g/mol. The lowest BCUT2D eigenvalue weighted by atomic mass is 9.95. The van der Waals surface area contributed by atoms with Gasteiger partial charge in [-0.15, -0.1) is 0 Å². The summed E-state index contributed by atoms with van der Waals surface area (Å²) in [5.74, 6) is 2.02. The van der Waals surface area contributed by atoms with Gasteiger partial charge in [0.25, 0.3) is 0 Å². The van der Waals surface area contributed by atoms with Gasteiger partial charge in [-0.2, -0.15) is 0 Å². The van der Waals surface area contributed by atoms with E-state index in [0.717, 1.165) is 11.3 Å². The molecule has 0 N–H and O–H groups in total. The highest BCUT2D eigenvalue weighted by Gasteiger charge is 2.18. The van der Waals surface area contributed by atoms with Crippen LogP contribution in [0.25, 0.3) is 11.0 Å². The normalized spacial score (nSPS) is 11.9. The Morgan fingerprint density at radius 2 is 1.87 bits per heavy atom. The summed E-state index contributed by atoms with van der Waals surface area (Å²) in [7, 11) is 0. The fourth-order valence-corrected chi connectivity index (χ4v) is 2.01. The number of pyridine rings is 1. The number of hydrogen-bond acceptors (Lipinski definition) is 2. The van der Waals surface area contributed by atoms with Crippen molar-refractivity contribution < 1.29 is 4.42 Å². The molecule has 80 valence electrons. The highest BCUT2D eigenvalue weighted by atomic mass is 16.3. The van der Waals surface area contributed by atoms with Crippen LogP contribution >= 0.6 is 0 Å². The summed E-state index contributed by atoms with van der Waals surface area (Å²) in [5, 5.41) is 1.21. The Balaban J connectivity index is 2.75. The number of fused-ring (bicyclic) bond motifs is 1. The first-order valence-corrected chi connectivity index (χ1v) is 5.47. The van der Waals surface area contributed by atoms with E-state index < -0.39 is 0 Å². The van der Waals surface area contributed by atoms with Gasteiger partial charge >= 0.3 is 0 Å². The summed E-state index contributed by atoms with van der Waals surface area (Å²) >= 11 is 0. The standard InChI is InChI=1S/C13H17NO/c1-8(2)12-10-5-6-14-7-11(10)15-13(12)9(3)4/h5-9H,1-4H3. The second kappa shape index (κ2) is 3.69. The third-order valence-electron chi connectivity index (χ3n) is 2.66. The molecular formula is C13H17NO. The molecule has 2 rings (SSSR count). The summed E-state index contributed by atoms with van der Waals surface area (Å²) in [6.45, 7) is 8.74. The molecule has 0 unspecified atom stereocenters. The molecule has 0 saturated heterocycles. The minimum atomic E-state index is 0.426. The molecule has 2 aromatic heterocycles. The first-order chi connectivity index (χ1) is 7.11. The van der Waals surface area contributed by atoms with E-state index in [1.807, 2.05) is 12.3 Å². The molecular weight excluding hydrogens is 186 g/mol. The van der Waals surface area contributed by atoms with Crippen LogP contribution in [0.1, 0.15) is 50.9 Å². The predicted octanol–water partition coefficient (Wildman–Crippen LogP) is 4.07. The first-order valence-electron chi connectivity index (χ1n) is 5.47. The summed E-state index contributed by atoms with van der Waals surface area (Å²) < 4.78 is 5.86. The van der Waals surface area contributed by atoms with Crippen molar-refractivity contribution >= 4 is 11.0 Å². The molecule has 2 aromatic rings. The van der Waals surface area contributed by atoms with Gasteiger partial charge in [0.05, 0.1) is 6.20 Å². The lowest BCUT2D eigenvalue weighted by Crippen LogP contribution is -1.94. The zero-order valence-corrected chi connectivity index (χ0v) is 9.74. The van der Waals surface area contributed by atoms with Crippen molar-refractivity contribution in [1.29, 1.82) is 0 Å². The van der Waals surface area contributed by atoms with Crippen LogP contribution in [0.4, 0.5) is 0 Å². The van der Waals surface area contributed by atoms with Crippen molar-refractivity contribution in [2.24, 2.45) is 0 Å². The largest absolute Gasteiger partial charge is 0.459 e. The zero-order chi connectivity index (χ0) is 11.0. The summed E-state index contributed by atoms with van der Waals surface area (Å²) in [6.07, 6.45) is 3.63. The Bertz CT molecular complexity index is 468. The summed E-state index contributed by atoms with van der Waals surface area (Å²) in [5.41, 5.74) is 2.24. The molecule has 2 nitrogen and oxygen atoms in total. The molecule has 0 bridgehead atoms. The Morgan fingerprint density at radius 3 is 2.47 bits per heavy atom. The van der Waals surface area contributed by atoms with E-state index in [0.29, 0.717) is 11.8 Å². The van der Waals surface area contributed by atoms with Crippen molar-refractivity contribution in [2.75, 3.05) is 0 Å². The predicted molar refractivity (Wildman–Crippen MR) is 62.2 cm³/mol. The van der Waals surface area contributed by atoms with Gasteiger partial charge in [0.1, 0.15) is 5.76 Å². The fraction of sp³-hybridized carbons (Fsp3) is 0.462. The van der Waals surface area contributed by atoms with E-state index in [9.17, 15) is 0 Å². The van der Waals surface area contributed by atoms with E-state index in [1.54, 1.807) is 6.20 Å². The van der Waals surface area contributed by atoms with Crippen molar-refractivity contribution in [3.63, 3.8) is 0 Å². The Morgan fingerprint density at radius 1 is 1.13 bits per heavy atom. The SMILES string of the molecule is CC(C)c1oc2cnccc2c1C(C)C. The molecule has 0 spiro atoms. The topological polar surface area (TPSA) is 26.0 Å². The molecule has 0 radical (unpaired) electrons. The van der Waals surface area contributed by atoms with Crippen LogP contribution in [0.5, 0.6) is 0 Å². The van der Waals surface area contributed by atoms with Crippen LogP contribution in [-0.4, -0.2) is 4.98 Å². The van der Waals surface area contributed by atoms with E-state index in [2.05, 4.69) is 32.7 Å². The van der Waals surface area contributed by atoms with Crippen LogP contribution in [0.3, 0.4) is 0 Å². The number of furan rings is 1. The molecule has 0 aliphatic carbocycles. The third kappa shape index (κ3) is 1.65. The van der Waals surface area contributed by atoms with Crippen molar-refractivity contribution in [1.82, 2.24) is 4.98 Å². The maximum Gasteiger partial charge on any atom is 0.152 e. The van der Waals surface area contributed by atoms with E-state index >= 15 is 0 Å². The van der Waals surface area contributed by atoms with Crippen LogP contribution in [0, 0.1) is 0 Å². The van der Waals surface area contributed by atoms with Crippen LogP contribution in [0.2, 0.25) is 0 Å². The molecule has 0 saturated carbocycles. The molecule has 2 heterocycles. The monoisotopic (exact) mass is 203 g/mol.